The Morgan fingerprint density at radius 1 is 1.00 bits per heavy atom. The molecule has 2 rings (SSSR count). The Kier molecular flexibility index (Phi) is 6.51. The van der Waals surface area contributed by atoms with Gasteiger partial charge in [-0.25, -0.2) is 13.1 Å². The number of rotatable bonds is 7. The average Bonchev–Trinajstić information content (AvgIpc) is 2.65. The standard InChI is InChI=1S/C20H27NO5S/c1-20(2,3)15-7-9-16(10-8-15)27(23,24)21-13-17(22)14-6-11-18(25-4)19(12-14)26-5/h6-12,17,21-22H,13H2,1-5H3. The van der Waals surface area contributed by atoms with Crippen molar-refractivity contribution >= 4 is 10.0 Å². The number of benzene rings is 2. The van der Waals surface area contributed by atoms with Gasteiger partial charge in [0.2, 0.25) is 10.0 Å². The van der Waals surface area contributed by atoms with E-state index in [0.29, 0.717) is 17.1 Å². The molecule has 0 bridgehead atoms. The second kappa shape index (κ2) is 8.29. The van der Waals surface area contributed by atoms with Crippen LogP contribution in [0.4, 0.5) is 0 Å². The Hall–Kier alpha value is -2.09. The fourth-order valence-electron chi connectivity index (χ4n) is 2.58. The van der Waals surface area contributed by atoms with Crippen LogP contribution in [0.3, 0.4) is 0 Å². The van der Waals surface area contributed by atoms with Crippen molar-refractivity contribution in [1.29, 1.82) is 0 Å². The molecule has 0 amide bonds. The lowest BCUT2D eigenvalue weighted by Gasteiger charge is -2.19. The third-order valence-corrected chi connectivity index (χ3v) is 5.73. The number of ether oxygens (including phenoxy) is 2. The molecule has 7 heteroatoms. The molecule has 0 aliphatic rings. The minimum absolute atomic E-state index is 0.0562. The number of hydrogen-bond acceptors (Lipinski definition) is 5. The van der Waals surface area contributed by atoms with Gasteiger partial charge in [-0.15, -0.1) is 0 Å². The molecule has 1 atom stereocenters. The number of nitrogens with one attached hydrogen (secondary N) is 1. The van der Waals surface area contributed by atoms with Crippen molar-refractivity contribution in [1.82, 2.24) is 4.72 Å². The number of sulfonamides is 1. The highest BCUT2D eigenvalue weighted by molar-refractivity contribution is 7.89. The molecule has 27 heavy (non-hydrogen) atoms. The lowest BCUT2D eigenvalue weighted by atomic mass is 9.87. The highest BCUT2D eigenvalue weighted by Gasteiger charge is 2.19. The summed E-state index contributed by atoms with van der Waals surface area (Å²) in [6.07, 6.45) is -1.02. The quantitative estimate of drug-likeness (QED) is 0.755. The summed E-state index contributed by atoms with van der Waals surface area (Å²) in [5, 5.41) is 10.3. The zero-order chi connectivity index (χ0) is 20.2. The molecule has 0 saturated heterocycles. The Labute approximate surface area is 161 Å². The summed E-state index contributed by atoms with van der Waals surface area (Å²) in [5.41, 5.74) is 1.52. The molecule has 0 aromatic heterocycles. The van der Waals surface area contributed by atoms with Gasteiger partial charge in [0, 0.05) is 6.54 Å². The monoisotopic (exact) mass is 393 g/mol. The van der Waals surface area contributed by atoms with Crippen molar-refractivity contribution < 1.29 is 23.0 Å². The predicted molar refractivity (Wildman–Crippen MR) is 105 cm³/mol. The van der Waals surface area contributed by atoms with Gasteiger partial charge >= 0.3 is 0 Å². The van der Waals surface area contributed by atoms with Gasteiger partial charge < -0.3 is 14.6 Å². The summed E-state index contributed by atoms with van der Waals surface area (Å²) in [4.78, 5) is 0.162. The molecule has 6 nitrogen and oxygen atoms in total. The van der Waals surface area contributed by atoms with Crippen molar-refractivity contribution in [2.75, 3.05) is 20.8 Å². The molecule has 148 valence electrons. The zero-order valence-electron chi connectivity index (χ0n) is 16.3. The molecule has 1 unspecified atom stereocenters. The largest absolute Gasteiger partial charge is 0.493 e. The van der Waals surface area contributed by atoms with Crippen LogP contribution in [-0.4, -0.2) is 34.3 Å². The van der Waals surface area contributed by atoms with Crippen LogP contribution in [0.5, 0.6) is 11.5 Å². The first-order valence-electron chi connectivity index (χ1n) is 8.58. The third kappa shape index (κ3) is 5.22. The van der Waals surface area contributed by atoms with E-state index in [1.54, 1.807) is 42.5 Å². The predicted octanol–water partition coefficient (Wildman–Crippen LogP) is 3.01. The van der Waals surface area contributed by atoms with Crippen molar-refractivity contribution in [3.8, 4) is 11.5 Å². The first-order chi connectivity index (χ1) is 12.6. The van der Waals surface area contributed by atoms with Gasteiger partial charge in [0.15, 0.2) is 11.5 Å². The summed E-state index contributed by atoms with van der Waals surface area (Å²) >= 11 is 0. The van der Waals surface area contributed by atoms with E-state index in [-0.39, 0.29) is 16.9 Å². The van der Waals surface area contributed by atoms with Crippen LogP contribution in [-0.2, 0) is 15.4 Å². The van der Waals surface area contributed by atoms with Crippen LogP contribution >= 0.6 is 0 Å². The van der Waals surface area contributed by atoms with Gasteiger partial charge in [-0.3, -0.25) is 0 Å². The summed E-state index contributed by atoms with van der Waals surface area (Å²) in [5.74, 6) is 1.00. The van der Waals surface area contributed by atoms with Crippen molar-refractivity contribution in [2.45, 2.75) is 37.2 Å². The first kappa shape index (κ1) is 21.2. The maximum atomic E-state index is 12.5. The zero-order valence-corrected chi connectivity index (χ0v) is 17.1. The van der Waals surface area contributed by atoms with Crippen LogP contribution in [0.15, 0.2) is 47.4 Å². The highest BCUT2D eigenvalue weighted by Crippen LogP contribution is 2.30. The van der Waals surface area contributed by atoms with Crippen LogP contribution in [0.1, 0.15) is 38.0 Å². The van der Waals surface area contributed by atoms with Gasteiger partial charge in [0.05, 0.1) is 25.2 Å². The SMILES string of the molecule is COc1ccc(C(O)CNS(=O)(=O)c2ccc(C(C)(C)C)cc2)cc1OC. The maximum Gasteiger partial charge on any atom is 0.240 e. The fraction of sp³-hybridized carbons (Fsp3) is 0.400. The number of hydrogen-bond donors (Lipinski definition) is 2. The summed E-state index contributed by atoms with van der Waals surface area (Å²) in [7, 11) is -0.701. The van der Waals surface area contributed by atoms with E-state index in [0.717, 1.165) is 5.56 Å². The number of aliphatic hydroxyl groups excluding tert-OH is 1. The molecule has 0 spiro atoms. The highest BCUT2D eigenvalue weighted by atomic mass is 32.2. The Morgan fingerprint density at radius 2 is 1.59 bits per heavy atom. The van der Waals surface area contributed by atoms with Crippen LogP contribution in [0, 0.1) is 0 Å². The van der Waals surface area contributed by atoms with Gasteiger partial charge in [-0.1, -0.05) is 39.0 Å². The van der Waals surface area contributed by atoms with E-state index in [1.807, 2.05) is 0 Å². The van der Waals surface area contributed by atoms with Crippen LogP contribution < -0.4 is 14.2 Å². The molecule has 0 heterocycles. The summed E-state index contributed by atoms with van der Waals surface area (Å²) in [6, 6.07) is 11.7. The van der Waals surface area contributed by atoms with Gasteiger partial charge in [-0.2, -0.15) is 0 Å². The van der Waals surface area contributed by atoms with Crippen molar-refractivity contribution in [2.24, 2.45) is 0 Å². The third-order valence-electron chi connectivity index (χ3n) is 4.29. The fourth-order valence-corrected chi connectivity index (χ4v) is 3.62. The van der Waals surface area contributed by atoms with E-state index >= 15 is 0 Å². The molecule has 0 saturated carbocycles. The number of methoxy groups -OCH3 is 2. The van der Waals surface area contributed by atoms with E-state index in [4.69, 9.17) is 9.47 Å². The second-order valence-corrected chi connectivity index (χ2v) is 9.02. The second-order valence-electron chi connectivity index (χ2n) is 7.26. The molecule has 2 aromatic rings. The van der Waals surface area contributed by atoms with Gasteiger partial charge in [0.1, 0.15) is 0 Å². The number of aliphatic hydroxyl groups is 1. The Balaban J connectivity index is 2.10. The van der Waals surface area contributed by atoms with Crippen LogP contribution in [0.25, 0.3) is 0 Å². The Morgan fingerprint density at radius 3 is 2.11 bits per heavy atom. The van der Waals surface area contributed by atoms with Gasteiger partial charge in [-0.05, 0) is 40.8 Å². The minimum atomic E-state index is -3.72. The molecule has 0 fully saturated rings. The Bertz CT molecular complexity index is 870. The van der Waals surface area contributed by atoms with E-state index < -0.39 is 16.1 Å². The van der Waals surface area contributed by atoms with Crippen LogP contribution in [0.2, 0.25) is 0 Å². The van der Waals surface area contributed by atoms with E-state index in [1.165, 1.54) is 14.2 Å². The van der Waals surface area contributed by atoms with E-state index in [2.05, 4.69) is 25.5 Å². The summed E-state index contributed by atoms with van der Waals surface area (Å²) < 4.78 is 37.8. The average molecular weight is 394 g/mol. The smallest absolute Gasteiger partial charge is 0.240 e. The molecule has 0 aliphatic heterocycles. The van der Waals surface area contributed by atoms with Gasteiger partial charge in [0.25, 0.3) is 0 Å². The normalized spacial score (nSPS) is 13.3. The maximum absolute atomic E-state index is 12.5. The molecule has 2 N–H and O–H groups in total. The van der Waals surface area contributed by atoms with Crippen molar-refractivity contribution in [3.63, 3.8) is 0 Å². The topological polar surface area (TPSA) is 84.9 Å². The molecule has 2 aromatic carbocycles. The lowest BCUT2D eigenvalue weighted by molar-refractivity contribution is 0.181. The molecular weight excluding hydrogens is 366 g/mol. The van der Waals surface area contributed by atoms with Crippen molar-refractivity contribution in [3.05, 3.63) is 53.6 Å². The first-order valence-corrected chi connectivity index (χ1v) is 10.1. The molecule has 0 radical (unpaired) electrons. The lowest BCUT2D eigenvalue weighted by Crippen LogP contribution is -2.28. The molecule has 0 aliphatic carbocycles. The molecular formula is C20H27NO5S. The van der Waals surface area contributed by atoms with E-state index in [9.17, 15) is 13.5 Å². The minimum Gasteiger partial charge on any atom is -0.493 e. The summed E-state index contributed by atoms with van der Waals surface area (Å²) in [6.45, 7) is 6.04.